The van der Waals surface area contributed by atoms with Crippen LogP contribution >= 0.6 is 34.3 Å². The molecule has 0 aromatic carbocycles. The lowest BCUT2D eigenvalue weighted by Crippen LogP contribution is -2.22. The largest absolute Gasteiger partial charge is 0.375 e. The minimum Gasteiger partial charge on any atom is -0.375 e. The van der Waals surface area contributed by atoms with Crippen molar-refractivity contribution in [2.24, 2.45) is 0 Å². The molecule has 0 saturated heterocycles. The van der Waals surface area contributed by atoms with E-state index in [-0.39, 0.29) is 5.91 Å². The van der Waals surface area contributed by atoms with Crippen LogP contribution in [0.1, 0.15) is 20.2 Å². The van der Waals surface area contributed by atoms with E-state index in [1.54, 1.807) is 6.92 Å². The van der Waals surface area contributed by atoms with E-state index in [1.807, 2.05) is 12.1 Å². The van der Waals surface area contributed by atoms with Crippen LogP contribution < -0.4 is 11.1 Å². The molecule has 2 heterocycles. The summed E-state index contributed by atoms with van der Waals surface area (Å²) in [6, 6.07) is 3.70. The van der Waals surface area contributed by atoms with Crippen molar-refractivity contribution in [1.29, 1.82) is 0 Å². The molecule has 0 radical (unpaired) electrons. The van der Waals surface area contributed by atoms with Gasteiger partial charge in [-0.3, -0.25) is 4.79 Å². The van der Waals surface area contributed by atoms with Gasteiger partial charge in [-0.1, -0.05) is 22.9 Å². The normalized spacial score (nSPS) is 10.5. The highest BCUT2D eigenvalue weighted by atomic mass is 35.5. The topological polar surface area (TPSA) is 68.0 Å². The minimum atomic E-state index is -0.152. The maximum atomic E-state index is 11.8. The highest BCUT2D eigenvalue weighted by Crippen LogP contribution is 2.22. The fourth-order valence-electron chi connectivity index (χ4n) is 1.32. The fraction of sp³-hybridized carbons (Fsp3) is 0.200. The molecule has 0 fully saturated rings. The Bertz CT molecular complexity index is 549. The smallest absolute Gasteiger partial charge is 0.263 e. The minimum absolute atomic E-state index is 0.152. The van der Waals surface area contributed by atoms with Crippen LogP contribution in [-0.4, -0.2) is 10.9 Å². The molecule has 4 nitrogen and oxygen atoms in total. The van der Waals surface area contributed by atoms with Gasteiger partial charge >= 0.3 is 0 Å². The summed E-state index contributed by atoms with van der Waals surface area (Å²) < 4.78 is 0.715. The second kappa shape index (κ2) is 5.03. The van der Waals surface area contributed by atoms with E-state index in [2.05, 4.69) is 10.3 Å². The number of anilines is 1. The van der Waals surface area contributed by atoms with Crippen molar-refractivity contribution in [3.05, 3.63) is 31.9 Å². The summed E-state index contributed by atoms with van der Waals surface area (Å²) in [4.78, 5) is 17.4. The van der Waals surface area contributed by atoms with Gasteiger partial charge in [0.1, 0.15) is 4.88 Å². The van der Waals surface area contributed by atoms with E-state index in [9.17, 15) is 4.79 Å². The average molecular weight is 288 g/mol. The molecule has 2 aromatic heterocycles. The average Bonchev–Trinajstić information content (AvgIpc) is 2.81. The Labute approximate surface area is 111 Å². The standard InChI is InChI=1S/C10H10ClN3OS2/c1-5-8(17-10(12)14-5)9(15)13-4-6-2-3-7(11)16-6/h2-3H,4H2,1H3,(H2,12,14)(H,13,15). The third kappa shape index (κ3) is 2.96. The molecule has 0 aliphatic rings. The van der Waals surface area contributed by atoms with Gasteiger partial charge in [-0.15, -0.1) is 11.3 Å². The lowest BCUT2D eigenvalue weighted by molar-refractivity contribution is 0.0954. The number of hydrogen-bond donors (Lipinski definition) is 2. The van der Waals surface area contributed by atoms with Gasteiger partial charge in [-0.05, 0) is 19.1 Å². The highest BCUT2D eigenvalue weighted by Gasteiger charge is 2.13. The van der Waals surface area contributed by atoms with Crippen LogP contribution in [0.3, 0.4) is 0 Å². The van der Waals surface area contributed by atoms with Crippen molar-refractivity contribution in [2.75, 3.05) is 5.73 Å². The molecular formula is C10H10ClN3OS2. The van der Waals surface area contributed by atoms with Crippen LogP contribution in [0.2, 0.25) is 4.34 Å². The number of halogens is 1. The predicted molar refractivity (Wildman–Crippen MR) is 71.8 cm³/mol. The van der Waals surface area contributed by atoms with E-state index in [1.165, 1.54) is 22.7 Å². The predicted octanol–water partition coefficient (Wildman–Crippen LogP) is 2.68. The Hall–Kier alpha value is -1.11. The quantitative estimate of drug-likeness (QED) is 0.912. The third-order valence-corrected chi connectivity index (χ3v) is 4.29. The van der Waals surface area contributed by atoms with Crippen LogP contribution in [-0.2, 0) is 6.54 Å². The maximum Gasteiger partial charge on any atom is 0.263 e. The molecule has 17 heavy (non-hydrogen) atoms. The Kier molecular flexibility index (Phi) is 3.66. The van der Waals surface area contributed by atoms with Crippen LogP contribution in [0.4, 0.5) is 5.13 Å². The van der Waals surface area contributed by atoms with E-state index in [0.29, 0.717) is 26.6 Å². The summed E-state index contributed by atoms with van der Waals surface area (Å²) in [5.41, 5.74) is 6.20. The van der Waals surface area contributed by atoms with Crippen molar-refractivity contribution in [3.63, 3.8) is 0 Å². The van der Waals surface area contributed by atoms with Crippen molar-refractivity contribution in [2.45, 2.75) is 13.5 Å². The molecule has 90 valence electrons. The highest BCUT2D eigenvalue weighted by molar-refractivity contribution is 7.17. The van der Waals surface area contributed by atoms with Crippen LogP contribution in [0.5, 0.6) is 0 Å². The first-order chi connectivity index (χ1) is 8.06. The van der Waals surface area contributed by atoms with E-state index in [4.69, 9.17) is 17.3 Å². The zero-order valence-corrected chi connectivity index (χ0v) is 11.4. The number of nitrogens with two attached hydrogens (primary N) is 1. The van der Waals surface area contributed by atoms with Gasteiger partial charge < -0.3 is 11.1 Å². The Morgan fingerprint density at radius 1 is 1.53 bits per heavy atom. The van der Waals surface area contributed by atoms with Gasteiger partial charge in [0.05, 0.1) is 16.6 Å². The number of carbonyl (C=O) groups is 1. The molecule has 1 amide bonds. The number of aryl methyl sites for hydroxylation is 1. The van der Waals surface area contributed by atoms with E-state index < -0.39 is 0 Å². The third-order valence-electron chi connectivity index (χ3n) is 2.07. The van der Waals surface area contributed by atoms with E-state index >= 15 is 0 Å². The first kappa shape index (κ1) is 12.3. The lowest BCUT2D eigenvalue weighted by Gasteiger charge is -2.01. The molecule has 7 heteroatoms. The molecule has 3 N–H and O–H groups in total. The van der Waals surface area contributed by atoms with Gasteiger partial charge in [-0.25, -0.2) is 4.98 Å². The molecule has 2 rings (SSSR count). The lowest BCUT2D eigenvalue weighted by atomic mass is 10.3. The number of hydrogen-bond acceptors (Lipinski definition) is 5. The SMILES string of the molecule is Cc1nc(N)sc1C(=O)NCc1ccc(Cl)s1. The molecule has 0 aliphatic carbocycles. The van der Waals surface area contributed by atoms with Gasteiger partial charge in [0.25, 0.3) is 5.91 Å². The number of thiophene rings is 1. The second-order valence-electron chi connectivity index (χ2n) is 3.36. The molecule has 0 aliphatic heterocycles. The number of nitrogens with zero attached hydrogens (tertiary/aromatic N) is 1. The maximum absolute atomic E-state index is 11.8. The second-order valence-corrected chi connectivity index (χ2v) is 6.19. The number of thiazole rings is 1. The number of rotatable bonds is 3. The van der Waals surface area contributed by atoms with Gasteiger partial charge in [0, 0.05) is 4.88 Å². The first-order valence-electron chi connectivity index (χ1n) is 4.81. The van der Waals surface area contributed by atoms with Crippen LogP contribution in [0, 0.1) is 6.92 Å². The summed E-state index contributed by atoms with van der Waals surface area (Å²) in [7, 11) is 0. The molecule has 2 aromatic rings. The van der Waals surface area contributed by atoms with Crippen molar-refractivity contribution in [1.82, 2.24) is 10.3 Å². The number of amides is 1. The number of aromatic nitrogens is 1. The van der Waals surface area contributed by atoms with Gasteiger partial charge in [-0.2, -0.15) is 0 Å². The van der Waals surface area contributed by atoms with Crippen LogP contribution in [0.25, 0.3) is 0 Å². The summed E-state index contributed by atoms with van der Waals surface area (Å²) in [5, 5.41) is 3.22. The fourth-order valence-corrected chi connectivity index (χ4v) is 3.10. The Balaban J connectivity index is 2.00. The van der Waals surface area contributed by atoms with Gasteiger partial charge in [0.2, 0.25) is 0 Å². The van der Waals surface area contributed by atoms with Crippen molar-refractivity contribution in [3.8, 4) is 0 Å². The zero-order valence-electron chi connectivity index (χ0n) is 8.99. The summed E-state index contributed by atoms with van der Waals surface area (Å²) in [6.07, 6.45) is 0. The van der Waals surface area contributed by atoms with Crippen molar-refractivity contribution >= 4 is 45.3 Å². The molecule has 0 spiro atoms. The van der Waals surface area contributed by atoms with Gasteiger partial charge in [0.15, 0.2) is 5.13 Å². The van der Waals surface area contributed by atoms with Crippen molar-refractivity contribution < 1.29 is 4.79 Å². The summed E-state index contributed by atoms with van der Waals surface area (Å²) >= 11 is 8.45. The monoisotopic (exact) mass is 287 g/mol. The molecule has 0 bridgehead atoms. The Morgan fingerprint density at radius 3 is 2.82 bits per heavy atom. The number of carbonyl (C=O) groups excluding carboxylic acids is 1. The molecule has 0 unspecified atom stereocenters. The first-order valence-corrected chi connectivity index (χ1v) is 6.82. The zero-order chi connectivity index (χ0) is 12.4. The van der Waals surface area contributed by atoms with Crippen LogP contribution in [0.15, 0.2) is 12.1 Å². The number of nitrogen functional groups attached to an aromatic ring is 1. The van der Waals surface area contributed by atoms with E-state index in [0.717, 1.165) is 4.88 Å². The Morgan fingerprint density at radius 2 is 2.29 bits per heavy atom. The molecular weight excluding hydrogens is 278 g/mol. The molecule has 0 atom stereocenters. The molecule has 0 saturated carbocycles. The number of nitrogens with one attached hydrogen (secondary N) is 1. The summed E-state index contributed by atoms with van der Waals surface area (Å²) in [5.74, 6) is -0.152. The summed E-state index contributed by atoms with van der Waals surface area (Å²) in [6.45, 7) is 2.23.